The third-order valence-electron chi connectivity index (χ3n) is 3.57. The van der Waals surface area contributed by atoms with Crippen LogP contribution in [0.1, 0.15) is 32.6 Å². The van der Waals surface area contributed by atoms with E-state index in [9.17, 15) is 4.79 Å². The molecule has 16 heavy (non-hydrogen) atoms. The average molecular weight is 272 g/mol. The summed E-state index contributed by atoms with van der Waals surface area (Å²) in [4.78, 5) is 13.2. The zero-order valence-electron chi connectivity index (χ0n) is 10.2. The first-order valence-electron chi connectivity index (χ1n) is 5.43. The second-order valence-electron chi connectivity index (χ2n) is 4.60. The minimum absolute atomic E-state index is 0. The number of rotatable bonds is 3. The fraction of sp³-hybridized carbons (Fsp3) is 0.909. The number of carboxylic acid groups (broad SMARTS) is 1. The second kappa shape index (κ2) is 8.15. The number of nitrogens with zero attached hydrogens (tertiary/aromatic N) is 1. The van der Waals surface area contributed by atoms with Gasteiger partial charge in [-0.25, -0.2) is 0 Å². The Labute approximate surface area is 110 Å². The fourth-order valence-corrected chi connectivity index (χ4v) is 2.43. The van der Waals surface area contributed by atoms with Gasteiger partial charge in [-0.2, -0.15) is 0 Å². The predicted molar refractivity (Wildman–Crippen MR) is 70.7 cm³/mol. The molecule has 1 N–H and O–H groups in total. The topological polar surface area (TPSA) is 40.5 Å². The van der Waals surface area contributed by atoms with E-state index >= 15 is 0 Å². The van der Waals surface area contributed by atoms with Crippen molar-refractivity contribution in [2.75, 3.05) is 14.1 Å². The molecule has 0 aromatic carbocycles. The highest BCUT2D eigenvalue weighted by Crippen LogP contribution is 2.33. The molecule has 0 saturated heterocycles. The molecule has 1 aliphatic carbocycles. The molecule has 0 aromatic heterocycles. The van der Waals surface area contributed by atoms with Crippen molar-refractivity contribution < 1.29 is 9.90 Å². The lowest BCUT2D eigenvalue weighted by atomic mass is 9.75. The maximum absolute atomic E-state index is 11.1. The molecule has 1 rings (SSSR count). The van der Waals surface area contributed by atoms with Crippen molar-refractivity contribution in [2.24, 2.45) is 11.8 Å². The molecule has 98 valence electrons. The Morgan fingerprint density at radius 3 is 2.19 bits per heavy atom. The first-order valence-corrected chi connectivity index (χ1v) is 5.43. The van der Waals surface area contributed by atoms with Crippen molar-refractivity contribution >= 4 is 30.8 Å². The van der Waals surface area contributed by atoms with Crippen molar-refractivity contribution in [2.45, 2.75) is 38.6 Å². The van der Waals surface area contributed by atoms with Crippen molar-refractivity contribution in [3.63, 3.8) is 0 Å². The fourth-order valence-electron chi connectivity index (χ4n) is 2.43. The lowest BCUT2D eigenvalue weighted by Crippen LogP contribution is -2.41. The largest absolute Gasteiger partial charge is 0.481 e. The summed E-state index contributed by atoms with van der Waals surface area (Å²) >= 11 is 0. The summed E-state index contributed by atoms with van der Waals surface area (Å²) in [7, 11) is 4.05. The van der Waals surface area contributed by atoms with Crippen LogP contribution in [0.15, 0.2) is 0 Å². The van der Waals surface area contributed by atoms with E-state index in [2.05, 4.69) is 11.8 Å². The summed E-state index contributed by atoms with van der Waals surface area (Å²) < 4.78 is 0. The Bertz CT molecular complexity index is 212. The van der Waals surface area contributed by atoms with Crippen molar-refractivity contribution in [1.29, 1.82) is 0 Å². The van der Waals surface area contributed by atoms with Crippen LogP contribution in [-0.2, 0) is 4.79 Å². The molecule has 0 spiro atoms. The van der Waals surface area contributed by atoms with Gasteiger partial charge in [0.15, 0.2) is 0 Å². The molecule has 3 atom stereocenters. The van der Waals surface area contributed by atoms with Gasteiger partial charge in [0.1, 0.15) is 0 Å². The quantitative estimate of drug-likeness (QED) is 0.858. The molecule has 3 unspecified atom stereocenters. The molecule has 1 saturated carbocycles. The Balaban J connectivity index is 0. The highest BCUT2D eigenvalue weighted by molar-refractivity contribution is 5.85. The zero-order valence-corrected chi connectivity index (χ0v) is 11.8. The molecule has 0 aliphatic heterocycles. The van der Waals surface area contributed by atoms with Gasteiger partial charge in [-0.15, -0.1) is 24.8 Å². The summed E-state index contributed by atoms with van der Waals surface area (Å²) in [5.74, 6) is -0.402. The normalized spacial score (nSPS) is 26.5. The molecule has 0 radical (unpaired) electrons. The van der Waals surface area contributed by atoms with Crippen LogP contribution in [0, 0.1) is 11.8 Å². The van der Waals surface area contributed by atoms with E-state index in [4.69, 9.17) is 5.11 Å². The van der Waals surface area contributed by atoms with Gasteiger partial charge in [0.25, 0.3) is 0 Å². The molecule has 0 aromatic rings. The maximum Gasteiger partial charge on any atom is 0.306 e. The highest BCUT2D eigenvalue weighted by Gasteiger charge is 2.34. The average Bonchev–Trinajstić information content (AvgIpc) is 2.16. The van der Waals surface area contributed by atoms with E-state index in [1.165, 1.54) is 6.42 Å². The van der Waals surface area contributed by atoms with E-state index in [-0.39, 0.29) is 30.7 Å². The summed E-state index contributed by atoms with van der Waals surface area (Å²) in [5.41, 5.74) is 0. The van der Waals surface area contributed by atoms with E-state index in [0.29, 0.717) is 12.0 Å². The number of aliphatic carboxylic acids is 1. The molecule has 1 fully saturated rings. The van der Waals surface area contributed by atoms with Crippen LogP contribution in [0.2, 0.25) is 0 Å². The Kier molecular flexibility index (Phi) is 9.36. The second-order valence-corrected chi connectivity index (χ2v) is 4.60. The highest BCUT2D eigenvalue weighted by atomic mass is 35.5. The minimum atomic E-state index is -0.608. The standard InChI is InChI=1S/C11H21NO2.2ClH/c1-8(12(2)3)9-6-4-5-7-10(9)11(13)14;;/h8-10H,4-7H2,1-3H3,(H,13,14);2*1H. The predicted octanol–water partition coefficient (Wildman–Crippen LogP) is 2.67. The van der Waals surface area contributed by atoms with Gasteiger partial charge in [-0.1, -0.05) is 12.8 Å². The molecule has 1 aliphatic rings. The van der Waals surface area contributed by atoms with Gasteiger partial charge < -0.3 is 10.0 Å². The van der Waals surface area contributed by atoms with Crippen LogP contribution < -0.4 is 0 Å². The lowest BCUT2D eigenvalue weighted by Gasteiger charge is -2.36. The van der Waals surface area contributed by atoms with E-state index in [0.717, 1.165) is 19.3 Å². The first kappa shape index (κ1) is 18.4. The molecule has 0 amide bonds. The smallest absolute Gasteiger partial charge is 0.306 e. The van der Waals surface area contributed by atoms with E-state index in [1.54, 1.807) is 0 Å². The maximum atomic E-state index is 11.1. The van der Waals surface area contributed by atoms with Crippen LogP contribution >= 0.6 is 24.8 Å². The number of halogens is 2. The summed E-state index contributed by atoms with van der Waals surface area (Å²) in [6.07, 6.45) is 4.19. The van der Waals surface area contributed by atoms with Crippen LogP contribution in [0.25, 0.3) is 0 Å². The van der Waals surface area contributed by atoms with Crippen LogP contribution in [0.4, 0.5) is 0 Å². The van der Waals surface area contributed by atoms with Gasteiger partial charge in [0.05, 0.1) is 5.92 Å². The first-order chi connectivity index (χ1) is 6.54. The Hall–Kier alpha value is 0.01000. The van der Waals surface area contributed by atoms with E-state index < -0.39 is 5.97 Å². The van der Waals surface area contributed by atoms with Gasteiger partial charge in [0, 0.05) is 6.04 Å². The number of carboxylic acids is 1. The van der Waals surface area contributed by atoms with Crippen LogP contribution in [-0.4, -0.2) is 36.1 Å². The molecule has 0 heterocycles. The summed E-state index contributed by atoms with van der Waals surface area (Å²) in [6.45, 7) is 2.13. The number of hydrogen-bond donors (Lipinski definition) is 1. The number of hydrogen-bond acceptors (Lipinski definition) is 2. The third-order valence-corrected chi connectivity index (χ3v) is 3.57. The van der Waals surface area contributed by atoms with Gasteiger partial charge in [0.2, 0.25) is 0 Å². The Morgan fingerprint density at radius 2 is 1.75 bits per heavy atom. The Morgan fingerprint density at radius 1 is 1.25 bits per heavy atom. The SMILES string of the molecule is CC(C1CCCCC1C(=O)O)N(C)C.Cl.Cl. The third kappa shape index (κ3) is 4.48. The van der Waals surface area contributed by atoms with Gasteiger partial charge >= 0.3 is 5.97 Å². The molecule has 5 heteroatoms. The molecule has 0 bridgehead atoms. The van der Waals surface area contributed by atoms with E-state index in [1.807, 2.05) is 14.1 Å². The van der Waals surface area contributed by atoms with Crippen molar-refractivity contribution in [3.8, 4) is 0 Å². The van der Waals surface area contributed by atoms with Crippen molar-refractivity contribution in [1.82, 2.24) is 4.90 Å². The van der Waals surface area contributed by atoms with Gasteiger partial charge in [-0.3, -0.25) is 4.79 Å². The van der Waals surface area contributed by atoms with Gasteiger partial charge in [-0.05, 0) is 39.8 Å². The summed E-state index contributed by atoms with van der Waals surface area (Å²) in [5, 5.41) is 9.12. The lowest BCUT2D eigenvalue weighted by molar-refractivity contribution is -0.145. The van der Waals surface area contributed by atoms with Crippen LogP contribution in [0.5, 0.6) is 0 Å². The minimum Gasteiger partial charge on any atom is -0.481 e. The molecule has 3 nitrogen and oxygen atoms in total. The van der Waals surface area contributed by atoms with Crippen molar-refractivity contribution in [3.05, 3.63) is 0 Å². The number of carbonyl (C=O) groups is 1. The molecular weight excluding hydrogens is 249 g/mol. The monoisotopic (exact) mass is 271 g/mol. The molecular formula is C11H23Cl2NO2. The zero-order chi connectivity index (χ0) is 10.7. The summed E-state index contributed by atoms with van der Waals surface area (Å²) in [6, 6.07) is 0.372. The van der Waals surface area contributed by atoms with Crippen LogP contribution in [0.3, 0.4) is 0 Å².